The fraction of sp³-hybridized carbons (Fsp3) is 0.548. The molecule has 4 fully saturated rings. The molecule has 23 nitrogen and oxygen atoms in total. The summed E-state index contributed by atoms with van der Waals surface area (Å²) in [7, 11) is 0. The molecule has 0 aromatic heterocycles. The highest BCUT2D eigenvalue weighted by Gasteiger charge is 2.75. The van der Waals surface area contributed by atoms with Crippen molar-refractivity contribution in [2.45, 2.75) is 171 Å². The molecule has 23 heteroatoms. The lowest BCUT2D eigenvalue weighted by atomic mass is 9.42. The Balaban J connectivity index is 1.12. The summed E-state index contributed by atoms with van der Waals surface area (Å²) < 4.78 is 41.2. The Hall–Kier alpha value is -6.96. The molecule has 85 heavy (non-hydrogen) atoms. The topological polar surface area (TPSA) is 347 Å². The van der Waals surface area contributed by atoms with Crippen LogP contribution in [-0.2, 0) is 61.9 Å². The molecule has 5 aliphatic rings. The minimum absolute atomic E-state index is 0.00229. The second-order valence-corrected chi connectivity index (χ2v) is 23.5. The van der Waals surface area contributed by atoms with Crippen LogP contribution in [0.5, 0.6) is 0 Å². The average molecular weight is 1190 g/mol. The lowest BCUT2D eigenvalue weighted by Crippen LogP contribution is -2.78. The Kier molecular flexibility index (Phi) is 19.8. The molecule has 0 spiro atoms. The lowest BCUT2D eigenvalue weighted by molar-refractivity contribution is -0.347. The Morgan fingerprint density at radius 2 is 1.38 bits per heavy atom. The van der Waals surface area contributed by atoms with Gasteiger partial charge in [-0.15, -0.1) is 0 Å². The summed E-state index contributed by atoms with van der Waals surface area (Å²) in [5, 5.41) is 72.0. The van der Waals surface area contributed by atoms with Gasteiger partial charge < -0.3 is 74.4 Å². The highest BCUT2D eigenvalue weighted by molar-refractivity contribution is 5.96. The van der Waals surface area contributed by atoms with Gasteiger partial charge in [-0.1, -0.05) is 99.6 Å². The van der Waals surface area contributed by atoms with Crippen molar-refractivity contribution in [3.8, 4) is 0 Å². The summed E-state index contributed by atoms with van der Waals surface area (Å²) in [5.74, 6) is -8.69. The monoisotopic (exact) mass is 1180 g/mol. The van der Waals surface area contributed by atoms with Crippen LogP contribution in [0.3, 0.4) is 0 Å². The van der Waals surface area contributed by atoms with Crippen LogP contribution < -0.4 is 10.6 Å². The molecule has 2 heterocycles. The Morgan fingerprint density at radius 1 is 0.741 bits per heavy atom. The number of carbonyl (C=O) groups excluding carboxylic acids is 8. The number of hydrogen-bond acceptors (Lipinski definition) is 21. The standard InChI is InChI=1S/C62H76N2O21/c1-33-41(30-62(78)39(27-40(68)36-17-10-7-11-18-36)55-60(6,29-42(80-34(2)66)49(33)59(62,4)5)44(69)28-45-61(55,32-79-45)85-35(3)67)81-58(77)53(50(37-19-12-8-13-20-37)64-56(75)38-21-14-9-15-22-38)83-48(72)25-24-46(70)63-26-16-23-47(71)84-54-51(73)43(31-65)82-57(76)52(54)74/h7-15,17-22,39,41-45,50-55,57,65,69,73-74,76,78H,16,23-32H2,1-6H3,(H,63,70)(H,64,75)/t39?,41?,42?,43?,44?,45?,50?,51?,52?,53?,54?,55?,57?,60-,61+,62?/m1/s1. The van der Waals surface area contributed by atoms with Crippen LogP contribution in [0.4, 0.5) is 0 Å². The number of aliphatic hydroxyl groups excluding tert-OH is 5. The summed E-state index contributed by atoms with van der Waals surface area (Å²) >= 11 is 0. The van der Waals surface area contributed by atoms with E-state index in [4.69, 9.17) is 33.2 Å². The number of nitrogens with one attached hydrogen (secondary N) is 2. The third kappa shape index (κ3) is 13.2. The number of fused-ring (bicyclic) bond motifs is 5. The van der Waals surface area contributed by atoms with Gasteiger partial charge in [0, 0.05) is 86.3 Å². The second-order valence-electron chi connectivity index (χ2n) is 23.5. The summed E-state index contributed by atoms with van der Waals surface area (Å²) in [4.78, 5) is 111. The number of amides is 2. The minimum Gasteiger partial charge on any atom is -0.458 e. The van der Waals surface area contributed by atoms with Crippen LogP contribution in [0.2, 0.25) is 0 Å². The number of rotatable bonds is 21. The molecule has 8 N–H and O–H groups in total. The average Bonchev–Trinajstić information content (AvgIpc) is 0.728. The molecule has 3 aromatic rings. The van der Waals surface area contributed by atoms with E-state index >= 15 is 4.79 Å². The number of aliphatic hydroxyl groups is 6. The largest absolute Gasteiger partial charge is 0.458 e. The lowest BCUT2D eigenvalue weighted by Gasteiger charge is -2.69. The molecular weight excluding hydrogens is 1110 g/mol. The van der Waals surface area contributed by atoms with E-state index in [1.807, 2.05) is 0 Å². The van der Waals surface area contributed by atoms with E-state index in [-0.39, 0.29) is 56.4 Å². The first-order chi connectivity index (χ1) is 40.3. The molecule has 8 rings (SSSR count). The van der Waals surface area contributed by atoms with Crippen molar-refractivity contribution < 1.29 is 102 Å². The van der Waals surface area contributed by atoms with Crippen molar-refractivity contribution in [2.24, 2.45) is 22.7 Å². The van der Waals surface area contributed by atoms with Crippen molar-refractivity contribution in [1.82, 2.24) is 10.6 Å². The van der Waals surface area contributed by atoms with Gasteiger partial charge in [-0.25, -0.2) is 4.79 Å². The van der Waals surface area contributed by atoms with E-state index in [9.17, 15) is 64.2 Å². The molecule has 3 aromatic carbocycles. The zero-order valence-corrected chi connectivity index (χ0v) is 48.3. The van der Waals surface area contributed by atoms with Crippen LogP contribution in [0, 0.1) is 22.7 Å². The normalized spacial score (nSPS) is 31.7. The van der Waals surface area contributed by atoms with Crippen molar-refractivity contribution in [1.29, 1.82) is 0 Å². The molecule has 460 valence electrons. The van der Waals surface area contributed by atoms with Gasteiger partial charge in [-0.05, 0) is 48.6 Å². The van der Waals surface area contributed by atoms with Gasteiger partial charge in [0.1, 0.15) is 42.7 Å². The van der Waals surface area contributed by atoms with Crippen molar-refractivity contribution >= 4 is 47.4 Å². The maximum absolute atomic E-state index is 15.5. The first kappa shape index (κ1) is 64.0. The van der Waals surface area contributed by atoms with E-state index in [0.29, 0.717) is 16.7 Å². The van der Waals surface area contributed by atoms with Crippen LogP contribution in [0.1, 0.15) is 125 Å². The molecule has 2 saturated heterocycles. The van der Waals surface area contributed by atoms with Crippen LogP contribution in [-0.4, -0.2) is 170 Å². The van der Waals surface area contributed by atoms with Gasteiger partial charge in [0.05, 0.1) is 31.3 Å². The quantitative estimate of drug-likeness (QED) is 0.0250. The molecular formula is C62H76N2O21. The molecule has 2 bridgehead atoms. The zero-order valence-electron chi connectivity index (χ0n) is 48.3. The molecule has 2 amide bonds. The number of benzene rings is 3. The van der Waals surface area contributed by atoms with Gasteiger partial charge in [0.25, 0.3) is 5.91 Å². The van der Waals surface area contributed by atoms with Crippen molar-refractivity contribution in [3.63, 3.8) is 0 Å². The maximum Gasteiger partial charge on any atom is 0.350 e. The van der Waals surface area contributed by atoms with Gasteiger partial charge in [-0.2, -0.15) is 0 Å². The van der Waals surface area contributed by atoms with E-state index in [1.54, 1.807) is 107 Å². The number of carbonyl (C=O) groups is 8. The fourth-order valence-electron chi connectivity index (χ4n) is 13.6. The highest BCUT2D eigenvalue weighted by atomic mass is 16.7. The highest BCUT2D eigenvalue weighted by Crippen LogP contribution is 2.67. The SMILES string of the molecule is CC(=O)OC1C[C@]2(C)C(O)CC3OC[C@@]3(OC(C)=O)C2C(CC(=O)c2ccccc2)C2(O)CC(OC(=O)C(OC(=O)CCC(=O)NCCCC(=O)OC3C(O)C(O)OC(CO)C3O)C(NC(=O)c3ccccc3)c3ccccc3)C(C)=C1C2(C)C. The summed E-state index contributed by atoms with van der Waals surface area (Å²) in [6.07, 6.45) is -17.5. The van der Waals surface area contributed by atoms with Crippen molar-refractivity contribution in [3.05, 3.63) is 119 Å². The summed E-state index contributed by atoms with van der Waals surface area (Å²) in [6, 6.07) is 23.0. The predicted molar refractivity (Wildman–Crippen MR) is 296 cm³/mol. The van der Waals surface area contributed by atoms with Crippen molar-refractivity contribution in [2.75, 3.05) is 19.8 Å². The summed E-state index contributed by atoms with van der Waals surface area (Å²) in [6.45, 7) is 8.27. The molecule has 14 unspecified atom stereocenters. The molecule has 16 atom stereocenters. The van der Waals surface area contributed by atoms with Gasteiger partial charge in [-0.3, -0.25) is 33.6 Å². The smallest absolute Gasteiger partial charge is 0.350 e. The van der Waals surface area contributed by atoms with Crippen LogP contribution >= 0.6 is 0 Å². The number of hydrogen-bond donors (Lipinski definition) is 8. The first-order valence-corrected chi connectivity index (χ1v) is 28.5. The Labute approximate surface area is 491 Å². The number of Topliss-reactive ketones (excluding diaryl/α,β-unsaturated/α-hetero) is 1. The summed E-state index contributed by atoms with van der Waals surface area (Å²) in [5.41, 5.74) is -5.11. The van der Waals surface area contributed by atoms with Gasteiger partial charge in [0.2, 0.25) is 12.0 Å². The Morgan fingerprint density at radius 3 is 1.98 bits per heavy atom. The number of esters is 5. The van der Waals surface area contributed by atoms with E-state index in [0.717, 1.165) is 0 Å². The van der Waals surface area contributed by atoms with Gasteiger partial charge >= 0.3 is 29.8 Å². The molecule has 3 aliphatic carbocycles. The van der Waals surface area contributed by atoms with Crippen LogP contribution in [0.25, 0.3) is 0 Å². The zero-order chi connectivity index (χ0) is 61.8. The third-order valence-electron chi connectivity index (χ3n) is 17.8. The van der Waals surface area contributed by atoms with Gasteiger partial charge in [0.15, 0.2) is 23.8 Å². The Bertz CT molecular complexity index is 2980. The van der Waals surface area contributed by atoms with E-state index in [1.165, 1.54) is 26.0 Å². The van der Waals surface area contributed by atoms with E-state index < -0.39 is 174 Å². The number of ether oxygens (including phenoxy) is 7. The second kappa shape index (κ2) is 26.3. The maximum atomic E-state index is 15.5. The third-order valence-corrected chi connectivity index (χ3v) is 17.8. The van der Waals surface area contributed by atoms with E-state index in [2.05, 4.69) is 10.6 Å². The number of ketones is 1. The molecule has 0 radical (unpaired) electrons. The molecule has 2 saturated carbocycles. The van der Waals surface area contributed by atoms with Crippen LogP contribution in [0.15, 0.2) is 102 Å². The predicted octanol–water partition coefficient (Wildman–Crippen LogP) is 2.79. The fourth-order valence-corrected chi connectivity index (χ4v) is 13.6. The molecule has 2 aliphatic heterocycles. The first-order valence-electron chi connectivity index (χ1n) is 28.5. The minimum atomic E-state index is -2.17.